The molecule has 13 heteroatoms. The minimum absolute atomic E-state index is 0.104. The Morgan fingerprint density at radius 1 is 1.33 bits per heavy atom. The number of benzene rings is 1. The Morgan fingerprint density at radius 3 is 2.86 bits per heavy atom. The number of amides is 1. The van der Waals surface area contributed by atoms with Gasteiger partial charge in [-0.3, -0.25) is 10.0 Å². The number of carbonyl (C=O) groups is 1. The van der Waals surface area contributed by atoms with E-state index in [9.17, 15) is 10.0 Å². The van der Waals surface area contributed by atoms with Crippen LogP contribution < -0.4 is 20.0 Å². The zero-order valence-corrected chi connectivity index (χ0v) is 21.5. The maximum absolute atomic E-state index is 12.9. The SMILES string of the molecule is COCOCC1CCCN1c1nc(NCc2ccc(OC)c(Cl)c2)c(N(O)C(=O)c2ncccn2)s1. The third kappa shape index (κ3) is 6.02. The molecule has 36 heavy (non-hydrogen) atoms. The fourth-order valence-corrected chi connectivity index (χ4v) is 5.14. The van der Waals surface area contributed by atoms with Crippen molar-refractivity contribution < 1.29 is 24.2 Å². The van der Waals surface area contributed by atoms with Gasteiger partial charge in [0.15, 0.2) is 16.0 Å². The first-order valence-electron chi connectivity index (χ1n) is 11.2. The van der Waals surface area contributed by atoms with E-state index in [1.807, 2.05) is 6.07 Å². The molecule has 3 heterocycles. The second-order valence-corrected chi connectivity index (χ2v) is 9.29. The number of thiazole rings is 1. The van der Waals surface area contributed by atoms with Crippen molar-refractivity contribution in [2.45, 2.75) is 25.4 Å². The molecule has 1 fully saturated rings. The molecule has 1 amide bonds. The van der Waals surface area contributed by atoms with Gasteiger partial charge in [0.1, 0.15) is 12.5 Å². The number of rotatable bonds is 11. The molecular formula is C23H27ClN6O5S. The standard InChI is InChI=1S/C23H27ClN6O5S/c1-33-14-35-13-16-5-3-10-29(16)23-28-20(27-12-15-6-7-18(34-2)17(24)11-15)22(36-23)30(32)21(31)19-25-8-4-9-26-19/h4,6-9,11,16,27,32H,3,5,10,12-14H2,1-2H3. The first-order valence-corrected chi connectivity index (χ1v) is 12.4. The van der Waals surface area contributed by atoms with Crippen LogP contribution >= 0.6 is 22.9 Å². The van der Waals surface area contributed by atoms with E-state index in [2.05, 4.69) is 20.2 Å². The molecule has 192 valence electrons. The van der Waals surface area contributed by atoms with Crippen molar-refractivity contribution in [2.24, 2.45) is 0 Å². The lowest BCUT2D eigenvalue weighted by Gasteiger charge is -2.23. The van der Waals surface area contributed by atoms with Crippen LogP contribution in [0.5, 0.6) is 5.75 Å². The lowest BCUT2D eigenvalue weighted by atomic mass is 10.2. The summed E-state index contributed by atoms with van der Waals surface area (Å²) in [6.45, 7) is 1.82. The molecule has 0 radical (unpaired) electrons. The molecular weight excluding hydrogens is 508 g/mol. The Kier molecular flexibility index (Phi) is 8.88. The van der Waals surface area contributed by atoms with Gasteiger partial charge in [0, 0.05) is 32.6 Å². The number of anilines is 3. The smallest absolute Gasteiger partial charge is 0.320 e. The number of hydroxylamine groups is 1. The quantitative estimate of drug-likeness (QED) is 0.162. The summed E-state index contributed by atoms with van der Waals surface area (Å²) in [5.41, 5.74) is 0.871. The van der Waals surface area contributed by atoms with Crippen molar-refractivity contribution in [3.8, 4) is 5.75 Å². The zero-order chi connectivity index (χ0) is 25.5. The largest absolute Gasteiger partial charge is 0.495 e. The number of methoxy groups -OCH3 is 2. The van der Waals surface area contributed by atoms with Gasteiger partial charge in [-0.25, -0.2) is 15.0 Å². The van der Waals surface area contributed by atoms with Gasteiger partial charge in [-0.15, -0.1) is 0 Å². The Bertz CT molecular complexity index is 1170. The Labute approximate surface area is 217 Å². The number of nitrogens with zero attached hydrogens (tertiary/aromatic N) is 5. The van der Waals surface area contributed by atoms with E-state index in [0.29, 0.717) is 39.9 Å². The molecule has 1 atom stereocenters. The molecule has 4 rings (SSSR count). The van der Waals surface area contributed by atoms with Crippen LogP contribution in [0.3, 0.4) is 0 Å². The monoisotopic (exact) mass is 534 g/mol. The number of ether oxygens (including phenoxy) is 3. The first-order chi connectivity index (χ1) is 17.5. The highest BCUT2D eigenvalue weighted by atomic mass is 35.5. The Hall–Kier alpha value is -3.03. The summed E-state index contributed by atoms with van der Waals surface area (Å²) < 4.78 is 15.8. The highest BCUT2D eigenvalue weighted by Gasteiger charge is 2.31. The van der Waals surface area contributed by atoms with E-state index < -0.39 is 5.91 Å². The lowest BCUT2D eigenvalue weighted by Crippen LogP contribution is -2.33. The first kappa shape index (κ1) is 26.0. The van der Waals surface area contributed by atoms with E-state index in [1.165, 1.54) is 23.7 Å². The van der Waals surface area contributed by atoms with Gasteiger partial charge in [-0.05, 0) is 36.6 Å². The number of nitrogens with one attached hydrogen (secondary N) is 1. The molecule has 0 saturated carbocycles. The molecule has 0 bridgehead atoms. The van der Waals surface area contributed by atoms with E-state index >= 15 is 0 Å². The van der Waals surface area contributed by atoms with Crippen LogP contribution in [0, 0.1) is 0 Å². The minimum atomic E-state index is -0.761. The third-order valence-corrected chi connectivity index (χ3v) is 6.91. The maximum atomic E-state index is 12.9. The summed E-state index contributed by atoms with van der Waals surface area (Å²) in [6.07, 6.45) is 4.79. The van der Waals surface area contributed by atoms with Crippen LogP contribution in [0.25, 0.3) is 0 Å². The molecule has 1 unspecified atom stereocenters. The molecule has 0 aliphatic carbocycles. The van der Waals surface area contributed by atoms with E-state index in [-0.39, 0.29) is 23.7 Å². The van der Waals surface area contributed by atoms with Crippen molar-refractivity contribution >= 4 is 44.8 Å². The van der Waals surface area contributed by atoms with Crippen molar-refractivity contribution in [1.82, 2.24) is 15.0 Å². The van der Waals surface area contributed by atoms with Crippen LogP contribution in [0.15, 0.2) is 36.7 Å². The predicted molar refractivity (Wildman–Crippen MR) is 136 cm³/mol. The number of aromatic nitrogens is 3. The number of hydrogen-bond donors (Lipinski definition) is 2. The molecule has 1 saturated heterocycles. The van der Waals surface area contributed by atoms with E-state index in [4.69, 9.17) is 30.8 Å². The van der Waals surface area contributed by atoms with Gasteiger partial charge >= 0.3 is 5.91 Å². The molecule has 1 aliphatic rings. The lowest BCUT2D eigenvalue weighted by molar-refractivity contribution is -0.0346. The predicted octanol–water partition coefficient (Wildman–Crippen LogP) is 3.83. The molecule has 11 nitrogen and oxygen atoms in total. The Balaban J connectivity index is 1.59. The molecule has 2 N–H and O–H groups in total. The normalized spacial score (nSPS) is 15.2. The maximum Gasteiger partial charge on any atom is 0.320 e. The zero-order valence-electron chi connectivity index (χ0n) is 19.9. The average Bonchev–Trinajstić information content (AvgIpc) is 3.54. The highest BCUT2D eigenvalue weighted by molar-refractivity contribution is 7.20. The van der Waals surface area contributed by atoms with E-state index in [1.54, 1.807) is 32.4 Å². The second-order valence-electron chi connectivity index (χ2n) is 7.93. The number of hydrogen-bond acceptors (Lipinski definition) is 11. The number of halogens is 1. The van der Waals surface area contributed by atoms with Crippen LogP contribution in [-0.2, 0) is 16.0 Å². The van der Waals surface area contributed by atoms with Gasteiger partial charge in [-0.2, -0.15) is 5.06 Å². The van der Waals surface area contributed by atoms with Gasteiger partial charge in [0.25, 0.3) is 0 Å². The number of carbonyl (C=O) groups excluding carboxylic acids is 1. The van der Waals surface area contributed by atoms with Crippen LogP contribution in [0.4, 0.5) is 16.0 Å². The van der Waals surface area contributed by atoms with Crippen molar-refractivity contribution in [3.63, 3.8) is 0 Å². The van der Waals surface area contributed by atoms with Gasteiger partial charge in [0.2, 0.25) is 5.82 Å². The van der Waals surface area contributed by atoms with Gasteiger partial charge in [0.05, 0.1) is 24.8 Å². The van der Waals surface area contributed by atoms with Crippen molar-refractivity contribution in [2.75, 3.05) is 49.4 Å². The summed E-state index contributed by atoms with van der Waals surface area (Å²) in [5.74, 6) is 0.0255. The molecule has 2 aromatic heterocycles. The fourth-order valence-electron chi connectivity index (χ4n) is 3.81. The van der Waals surface area contributed by atoms with Crippen LogP contribution in [0.2, 0.25) is 5.02 Å². The third-order valence-electron chi connectivity index (χ3n) is 5.55. The van der Waals surface area contributed by atoms with Gasteiger partial charge < -0.3 is 24.4 Å². The van der Waals surface area contributed by atoms with Crippen LogP contribution in [-0.4, -0.2) is 66.3 Å². The summed E-state index contributed by atoms with van der Waals surface area (Å²) in [6, 6.07) is 7.12. The average molecular weight is 535 g/mol. The summed E-state index contributed by atoms with van der Waals surface area (Å²) >= 11 is 7.45. The topological polar surface area (TPSA) is 122 Å². The fraction of sp³-hybridized carbons (Fsp3) is 0.391. The molecule has 3 aromatic rings. The van der Waals surface area contributed by atoms with Gasteiger partial charge in [-0.1, -0.05) is 29.0 Å². The van der Waals surface area contributed by atoms with Crippen LogP contribution in [0.1, 0.15) is 29.0 Å². The summed E-state index contributed by atoms with van der Waals surface area (Å²) in [7, 11) is 3.13. The highest BCUT2D eigenvalue weighted by Crippen LogP contribution is 2.40. The molecule has 1 aliphatic heterocycles. The summed E-state index contributed by atoms with van der Waals surface area (Å²) in [4.78, 5) is 27.6. The second kappa shape index (κ2) is 12.3. The van der Waals surface area contributed by atoms with Crippen molar-refractivity contribution in [1.29, 1.82) is 0 Å². The molecule has 0 spiro atoms. The Morgan fingerprint density at radius 2 is 2.14 bits per heavy atom. The van der Waals surface area contributed by atoms with E-state index in [0.717, 1.165) is 24.9 Å². The van der Waals surface area contributed by atoms with Crippen molar-refractivity contribution in [3.05, 3.63) is 53.1 Å². The minimum Gasteiger partial charge on any atom is -0.495 e. The molecule has 1 aromatic carbocycles. The summed E-state index contributed by atoms with van der Waals surface area (Å²) in [5, 5.41) is 16.0.